The average molecular weight is 275 g/mol. The van der Waals surface area contributed by atoms with E-state index in [1.807, 2.05) is 24.3 Å². The van der Waals surface area contributed by atoms with Crippen LogP contribution in [0.15, 0.2) is 24.3 Å². The largest absolute Gasteiger partial charge is 0.492 e. The first-order valence-corrected chi connectivity index (χ1v) is 7.65. The molecule has 2 bridgehead atoms. The lowest BCUT2D eigenvalue weighted by molar-refractivity contribution is 0.187. The van der Waals surface area contributed by atoms with E-state index in [2.05, 4.69) is 16.8 Å². The van der Waals surface area contributed by atoms with Gasteiger partial charge in [0.25, 0.3) is 0 Å². The Kier molecular flexibility index (Phi) is 4.13. The van der Waals surface area contributed by atoms with Crippen molar-refractivity contribution in [1.82, 2.24) is 9.80 Å². The first kappa shape index (κ1) is 13.7. The highest BCUT2D eigenvalue weighted by atomic mass is 16.5. The normalized spacial score (nSPS) is 27.4. The standard InChI is InChI=1S/C16H25N3O/c1-18-14-5-6-15(18)12-19(8-7-14)9-10-20-16-4-2-3-13(17)11-16/h2-4,11,14-15H,5-10,12,17H2,1H3. The molecule has 1 aromatic carbocycles. The highest BCUT2D eigenvalue weighted by Crippen LogP contribution is 2.28. The summed E-state index contributed by atoms with van der Waals surface area (Å²) in [6.07, 6.45) is 4.04. The van der Waals surface area contributed by atoms with Crippen LogP contribution in [0.25, 0.3) is 0 Å². The predicted molar refractivity (Wildman–Crippen MR) is 82.0 cm³/mol. The molecule has 2 atom stereocenters. The number of nitrogens with two attached hydrogens (primary N) is 1. The molecule has 2 aliphatic rings. The highest BCUT2D eigenvalue weighted by molar-refractivity contribution is 5.43. The van der Waals surface area contributed by atoms with Crippen molar-refractivity contribution in [3.05, 3.63) is 24.3 Å². The molecule has 0 aromatic heterocycles. The van der Waals surface area contributed by atoms with Crippen LogP contribution in [0, 0.1) is 0 Å². The van der Waals surface area contributed by atoms with Gasteiger partial charge in [0, 0.05) is 36.9 Å². The molecule has 0 spiro atoms. The minimum atomic E-state index is 0.741. The Labute approximate surface area is 121 Å². The summed E-state index contributed by atoms with van der Waals surface area (Å²) in [6.45, 7) is 4.13. The number of likely N-dealkylation sites (tertiary alicyclic amines) is 1. The van der Waals surface area contributed by atoms with Gasteiger partial charge in [-0.3, -0.25) is 9.80 Å². The smallest absolute Gasteiger partial charge is 0.121 e. The van der Waals surface area contributed by atoms with Crippen molar-refractivity contribution in [3.63, 3.8) is 0 Å². The van der Waals surface area contributed by atoms with Crippen molar-refractivity contribution < 1.29 is 4.74 Å². The number of benzene rings is 1. The molecule has 2 N–H and O–H groups in total. The molecule has 20 heavy (non-hydrogen) atoms. The summed E-state index contributed by atoms with van der Waals surface area (Å²) in [5.41, 5.74) is 6.51. The number of hydrogen-bond donors (Lipinski definition) is 1. The third-order valence-corrected chi connectivity index (χ3v) is 4.77. The lowest BCUT2D eigenvalue weighted by atomic mass is 10.1. The van der Waals surface area contributed by atoms with Gasteiger partial charge < -0.3 is 10.5 Å². The Bertz CT molecular complexity index is 451. The van der Waals surface area contributed by atoms with Crippen molar-refractivity contribution in [1.29, 1.82) is 0 Å². The van der Waals surface area contributed by atoms with E-state index in [0.29, 0.717) is 0 Å². The lowest BCUT2D eigenvalue weighted by Crippen LogP contribution is -2.38. The number of likely N-dealkylation sites (N-methyl/N-ethyl adjacent to an activating group) is 1. The van der Waals surface area contributed by atoms with E-state index in [-0.39, 0.29) is 0 Å². The van der Waals surface area contributed by atoms with Crippen molar-refractivity contribution in [2.24, 2.45) is 0 Å². The van der Waals surface area contributed by atoms with Crippen molar-refractivity contribution in [3.8, 4) is 5.75 Å². The Hall–Kier alpha value is -1.26. The third kappa shape index (κ3) is 3.07. The van der Waals surface area contributed by atoms with Crippen LogP contribution in [-0.2, 0) is 0 Å². The van der Waals surface area contributed by atoms with Gasteiger partial charge in [0.2, 0.25) is 0 Å². The second-order valence-electron chi connectivity index (χ2n) is 6.06. The number of hydrogen-bond acceptors (Lipinski definition) is 4. The maximum atomic E-state index is 5.80. The van der Waals surface area contributed by atoms with Crippen LogP contribution in [0.5, 0.6) is 5.75 Å². The van der Waals surface area contributed by atoms with Crippen LogP contribution in [0.4, 0.5) is 5.69 Å². The van der Waals surface area contributed by atoms with Gasteiger partial charge in [-0.2, -0.15) is 0 Å². The van der Waals surface area contributed by atoms with E-state index in [1.165, 1.54) is 32.4 Å². The van der Waals surface area contributed by atoms with Gasteiger partial charge in [-0.05, 0) is 45.0 Å². The molecule has 3 rings (SSSR count). The van der Waals surface area contributed by atoms with E-state index in [9.17, 15) is 0 Å². The molecule has 0 saturated carbocycles. The van der Waals surface area contributed by atoms with E-state index in [1.54, 1.807) is 0 Å². The monoisotopic (exact) mass is 275 g/mol. The van der Waals surface area contributed by atoms with E-state index in [0.717, 1.165) is 36.7 Å². The van der Waals surface area contributed by atoms with Crippen molar-refractivity contribution >= 4 is 5.69 Å². The molecule has 2 unspecified atom stereocenters. The Balaban J connectivity index is 1.47. The van der Waals surface area contributed by atoms with Gasteiger partial charge in [-0.1, -0.05) is 6.07 Å². The van der Waals surface area contributed by atoms with Gasteiger partial charge in [0.1, 0.15) is 12.4 Å². The summed E-state index contributed by atoms with van der Waals surface area (Å²) >= 11 is 0. The average Bonchev–Trinajstić information content (AvgIpc) is 2.66. The molecule has 2 heterocycles. The lowest BCUT2D eigenvalue weighted by Gasteiger charge is -2.25. The molecule has 0 amide bonds. The number of anilines is 1. The zero-order valence-corrected chi connectivity index (χ0v) is 12.3. The van der Waals surface area contributed by atoms with Gasteiger partial charge in [0.05, 0.1) is 0 Å². The molecular formula is C16H25N3O. The van der Waals surface area contributed by atoms with Crippen LogP contribution in [0.2, 0.25) is 0 Å². The summed E-state index contributed by atoms with van der Waals surface area (Å²) < 4.78 is 5.80. The molecule has 2 fully saturated rings. The fourth-order valence-electron chi connectivity index (χ4n) is 3.48. The van der Waals surface area contributed by atoms with Crippen molar-refractivity contribution in [2.75, 3.05) is 39.0 Å². The van der Waals surface area contributed by atoms with Crippen LogP contribution in [0.1, 0.15) is 19.3 Å². The number of rotatable bonds is 4. The van der Waals surface area contributed by atoms with Gasteiger partial charge in [-0.25, -0.2) is 0 Å². The zero-order chi connectivity index (χ0) is 13.9. The molecule has 4 heteroatoms. The summed E-state index contributed by atoms with van der Waals surface area (Å²) in [7, 11) is 2.29. The summed E-state index contributed by atoms with van der Waals surface area (Å²) in [5.74, 6) is 0.874. The third-order valence-electron chi connectivity index (χ3n) is 4.77. The minimum absolute atomic E-state index is 0.741. The molecule has 4 nitrogen and oxygen atoms in total. The number of nitrogen functional groups attached to an aromatic ring is 1. The number of nitrogens with zero attached hydrogens (tertiary/aromatic N) is 2. The van der Waals surface area contributed by atoms with Crippen LogP contribution >= 0.6 is 0 Å². The van der Waals surface area contributed by atoms with Gasteiger partial charge >= 0.3 is 0 Å². The maximum absolute atomic E-state index is 5.80. The SMILES string of the molecule is CN1C2CCC1CN(CCOc1cccc(N)c1)CC2. The topological polar surface area (TPSA) is 41.7 Å². The Morgan fingerprint density at radius 2 is 2.10 bits per heavy atom. The van der Waals surface area contributed by atoms with E-state index in [4.69, 9.17) is 10.5 Å². The Morgan fingerprint density at radius 3 is 2.95 bits per heavy atom. The van der Waals surface area contributed by atoms with Crippen LogP contribution < -0.4 is 10.5 Å². The quantitative estimate of drug-likeness (QED) is 0.851. The summed E-state index contributed by atoms with van der Waals surface area (Å²) in [4.78, 5) is 5.13. The van der Waals surface area contributed by atoms with Gasteiger partial charge in [-0.15, -0.1) is 0 Å². The highest BCUT2D eigenvalue weighted by Gasteiger charge is 2.34. The fraction of sp³-hybridized carbons (Fsp3) is 0.625. The van der Waals surface area contributed by atoms with Crippen molar-refractivity contribution in [2.45, 2.75) is 31.3 Å². The molecule has 2 saturated heterocycles. The van der Waals surface area contributed by atoms with Crippen LogP contribution in [0.3, 0.4) is 0 Å². The zero-order valence-electron chi connectivity index (χ0n) is 12.3. The summed E-state index contributed by atoms with van der Waals surface area (Å²) in [6, 6.07) is 9.22. The molecule has 110 valence electrons. The van der Waals surface area contributed by atoms with Crippen LogP contribution in [-0.4, -0.2) is 55.2 Å². The van der Waals surface area contributed by atoms with E-state index >= 15 is 0 Å². The summed E-state index contributed by atoms with van der Waals surface area (Å²) in [5, 5.41) is 0. The fourth-order valence-corrected chi connectivity index (χ4v) is 3.48. The first-order chi connectivity index (χ1) is 9.72. The van der Waals surface area contributed by atoms with Gasteiger partial charge in [0.15, 0.2) is 0 Å². The molecule has 0 aliphatic carbocycles. The Morgan fingerprint density at radius 1 is 1.25 bits per heavy atom. The predicted octanol–water partition coefficient (Wildman–Crippen LogP) is 1.82. The molecule has 2 aliphatic heterocycles. The molecular weight excluding hydrogens is 250 g/mol. The first-order valence-electron chi connectivity index (χ1n) is 7.65. The number of ether oxygens (including phenoxy) is 1. The molecule has 1 aromatic rings. The maximum Gasteiger partial charge on any atom is 0.121 e. The minimum Gasteiger partial charge on any atom is -0.492 e. The second-order valence-corrected chi connectivity index (χ2v) is 6.06. The second kappa shape index (κ2) is 6.02. The molecule has 0 radical (unpaired) electrons. The van der Waals surface area contributed by atoms with E-state index < -0.39 is 0 Å². The number of fused-ring (bicyclic) bond motifs is 2.